The van der Waals surface area contributed by atoms with Crippen LogP contribution in [-0.4, -0.2) is 77.7 Å². The van der Waals surface area contributed by atoms with Crippen LogP contribution in [0.4, 0.5) is 0 Å². The van der Waals surface area contributed by atoms with Gasteiger partial charge in [0.15, 0.2) is 5.78 Å². The van der Waals surface area contributed by atoms with Gasteiger partial charge in [0, 0.05) is 32.2 Å². The van der Waals surface area contributed by atoms with Gasteiger partial charge in [-0.3, -0.25) is 14.4 Å². The molecule has 210 valence electrons. The molecule has 39 heavy (non-hydrogen) atoms. The second kappa shape index (κ2) is 12.0. The summed E-state index contributed by atoms with van der Waals surface area (Å²) in [6, 6.07) is 13.5. The van der Waals surface area contributed by atoms with E-state index in [-0.39, 0.29) is 35.6 Å². The number of nitrogens with zero attached hydrogens (tertiary/aromatic N) is 2. The summed E-state index contributed by atoms with van der Waals surface area (Å²) in [6.45, 7) is 5.31. The number of rotatable bonds is 10. The molecule has 2 unspecified atom stereocenters. The van der Waals surface area contributed by atoms with Crippen LogP contribution in [0.3, 0.4) is 0 Å². The van der Waals surface area contributed by atoms with E-state index in [0.717, 1.165) is 18.5 Å². The van der Waals surface area contributed by atoms with Crippen LogP contribution in [-0.2, 0) is 18.9 Å². The van der Waals surface area contributed by atoms with Gasteiger partial charge in [-0.15, -0.1) is 0 Å². The Morgan fingerprint density at radius 2 is 1.85 bits per heavy atom. The number of aliphatic hydroxyl groups is 1. The average Bonchev–Trinajstić information content (AvgIpc) is 2.91. The fourth-order valence-corrected chi connectivity index (χ4v) is 6.24. The zero-order valence-electron chi connectivity index (χ0n) is 23.3. The predicted octanol–water partition coefficient (Wildman–Crippen LogP) is 3.36. The van der Waals surface area contributed by atoms with Crippen molar-refractivity contribution < 1.29 is 33.2 Å². The van der Waals surface area contributed by atoms with E-state index < -0.39 is 24.7 Å². The van der Waals surface area contributed by atoms with Gasteiger partial charge in [-0.1, -0.05) is 56.7 Å². The highest BCUT2D eigenvalue weighted by Gasteiger charge is 2.60. The number of carbonyl (C=O) groups excluding carboxylic acids is 3. The lowest BCUT2D eigenvalue weighted by Gasteiger charge is -2.63. The number of fused-ring (bicyclic) bond motifs is 1. The molecule has 0 bridgehead atoms. The highest BCUT2D eigenvalue weighted by Crippen LogP contribution is 2.44. The molecule has 1 aromatic heterocycles. The molecule has 9 nitrogen and oxygen atoms in total. The van der Waals surface area contributed by atoms with Crippen molar-refractivity contribution in [1.29, 1.82) is 0 Å². The first-order valence-electron chi connectivity index (χ1n) is 13.9. The average molecular weight is 537 g/mol. The van der Waals surface area contributed by atoms with Gasteiger partial charge in [-0.25, -0.2) is 4.98 Å². The Labute approximate surface area is 230 Å². The maximum absolute atomic E-state index is 13.7. The Kier molecular flexibility index (Phi) is 8.88. The van der Waals surface area contributed by atoms with E-state index in [0.29, 0.717) is 36.1 Å². The summed E-state index contributed by atoms with van der Waals surface area (Å²) in [7, 11) is 2.04. The molecule has 2 N–H and O–H groups in total. The molecule has 2 aliphatic rings. The normalized spacial score (nSPS) is 25.2. The molecule has 0 spiro atoms. The molecular formula is C29H40BN3O6. The third-order valence-corrected chi connectivity index (χ3v) is 8.17. The van der Waals surface area contributed by atoms with E-state index in [1.165, 1.54) is 6.92 Å². The van der Waals surface area contributed by atoms with E-state index in [9.17, 15) is 19.5 Å². The quantitative estimate of drug-likeness (QED) is 0.447. The van der Waals surface area contributed by atoms with Gasteiger partial charge in [0.1, 0.15) is 11.7 Å². The first-order valence-corrected chi connectivity index (χ1v) is 13.9. The summed E-state index contributed by atoms with van der Waals surface area (Å²) in [5.74, 6) is -1.36. The largest absolute Gasteiger partial charge is 0.615 e. The molecule has 0 radical (unpaired) electrons. The van der Waals surface area contributed by atoms with Crippen molar-refractivity contribution in [3.63, 3.8) is 0 Å². The van der Waals surface area contributed by atoms with Gasteiger partial charge in [-0.2, -0.15) is 0 Å². The molecule has 1 amide bonds. The predicted molar refractivity (Wildman–Crippen MR) is 148 cm³/mol. The number of amides is 1. The van der Waals surface area contributed by atoms with Gasteiger partial charge in [0.25, 0.3) is 11.9 Å². The Morgan fingerprint density at radius 1 is 1.10 bits per heavy atom. The topological polar surface area (TPSA) is 115 Å². The molecule has 2 aromatic rings. The Balaban J connectivity index is 1.57. The number of ketones is 1. The number of quaternary nitrogens is 1. The SMILES string of the molecule is CC(C)C[C@H](CC(=O)[C@@H](NC(=O)c1cccc(-c2ccccc2)n1)[C@@H](C)O)[B-]12OCCC[N+]1(C)CCC(=O)O2. The number of aromatic nitrogens is 1. The molecule has 2 saturated heterocycles. The second-order valence-electron chi connectivity index (χ2n) is 11.6. The molecule has 2 aliphatic heterocycles. The highest BCUT2D eigenvalue weighted by atomic mass is 16.7. The number of Topliss-reactive ketones (excluding diaryl/α,β-unsaturated/α-hetero) is 1. The van der Waals surface area contributed by atoms with Crippen LogP contribution >= 0.6 is 0 Å². The molecule has 2 fully saturated rings. The molecule has 10 heteroatoms. The second-order valence-corrected chi connectivity index (χ2v) is 11.6. The summed E-state index contributed by atoms with van der Waals surface area (Å²) in [5, 5.41) is 13.3. The van der Waals surface area contributed by atoms with Crippen LogP contribution in [0.2, 0.25) is 5.82 Å². The minimum Gasteiger partial charge on any atom is -0.615 e. The number of nitrogens with one attached hydrogen (secondary N) is 1. The maximum Gasteiger partial charge on any atom is 0.530 e. The van der Waals surface area contributed by atoms with Crippen LogP contribution in [0.15, 0.2) is 48.5 Å². The third-order valence-electron chi connectivity index (χ3n) is 8.17. The molecule has 1 aromatic carbocycles. The Morgan fingerprint density at radius 3 is 2.54 bits per heavy atom. The van der Waals surface area contributed by atoms with Crippen molar-refractivity contribution in [3.05, 3.63) is 54.2 Å². The molecule has 0 aliphatic carbocycles. The number of hydrogen-bond donors (Lipinski definition) is 2. The van der Waals surface area contributed by atoms with Crippen molar-refractivity contribution >= 4 is 24.3 Å². The summed E-state index contributed by atoms with van der Waals surface area (Å²) >= 11 is 0. The Bertz CT molecular complexity index is 1190. The van der Waals surface area contributed by atoms with Crippen molar-refractivity contribution in [2.75, 3.05) is 26.7 Å². The van der Waals surface area contributed by atoms with Crippen LogP contribution in [0.5, 0.6) is 0 Å². The lowest BCUT2D eigenvalue weighted by atomic mass is 9.48. The molecule has 0 saturated carbocycles. The van der Waals surface area contributed by atoms with Gasteiger partial charge >= 0.3 is 6.69 Å². The van der Waals surface area contributed by atoms with Crippen LogP contribution in [0, 0.1) is 5.92 Å². The maximum atomic E-state index is 13.7. The van der Waals surface area contributed by atoms with Crippen LogP contribution in [0.25, 0.3) is 11.3 Å². The zero-order chi connectivity index (χ0) is 28.2. The first-order chi connectivity index (χ1) is 18.5. The lowest BCUT2D eigenvalue weighted by Crippen LogP contribution is -2.77. The van der Waals surface area contributed by atoms with Crippen LogP contribution in [0.1, 0.15) is 56.9 Å². The monoisotopic (exact) mass is 537 g/mol. The van der Waals surface area contributed by atoms with Crippen LogP contribution < -0.4 is 5.32 Å². The molecule has 4 rings (SSSR count). The summed E-state index contributed by atoms with van der Waals surface area (Å²) in [6.07, 6.45) is 0.639. The van der Waals surface area contributed by atoms with E-state index in [2.05, 4.69) is 24.1 Å². The van der Waals surface area contributed by atoms with Gasteiger partial charge in [0.2, 0.25) is 0 Å². The third kappa shape index (κ3) is 6.23. The molecular weight excluding hydrogens is 497 g/mol. The van der Waals surface area contributed by atoms with Crippen molar-refractivity contribution in [1.82, 2.24) is 10.3 Å². The van der Waals surface area contributed by atoms with Gasteiger partial charge in [0.05, 0.1) is 24.8 Å². The standard InChI is InChI=1S/C29H40BN3O6/c1-20(2)18-23(30-33(4,15-9-17-38-30)16-14-27(36)39-30)19-26(35)28(21(3)34)32-29(37)25-13-8-12-24(31-25)22-10-6-5-7-11-22/h5-8,10-13,20-21,23,28,34H,9,14-19H2,1-4H3,(H,32,37)/t21-,23-,28+,30?,33?/m1/s1. The number of benzene rings is 1. The first kappa shape index (κ1) is 28.9. The number of pyridine rings is 1. The molecule has 5 atom stereocenters. The number of aliphatic hydroxyl groups excluding tert-OH is 1. The number of hydrogen-bond acceptors (Lipinski definition) is 7. The van der Waals surface area contributed by atoms with Gasteiger partial charge < -0.3 is 24.1 Å². The van der Waals surface area contributed by atoms with Crippen molar-refractivity contribution in [2.24, 2.45) is 5.92 Å². The van der Waals surface area contributed by atoms with E-state index >= 15 is 0 Å². The van der Waals surface area contributed by atoms with E-state index in [1.54, 1.807) is 12.1 Å². The van der Waals surface area contributed by atoms with E-state index in [4.69, 9.17) is 9.31 Å². The summed E-state index contributed by atoms with van der Waals surface area (Å²) in [4.78, 5) is 44.0. The zero-order valence-corrected chi connectivity index (χ0v) is 23.3. The minimum atomic E-state index is -2.14. The van der Waals surface area contributed by atoms with E-state index in [1.807, 2.05) is 43.4 Å². The highest BCUT2D eigenvalue weighted by molar-refractivity contribution is 6.64. The smallest absolute Gasteiger partial charge is 0.530 e. The molecule has 3 heterocycles. The van der Waals surface area contributed by atoms with Crippen molar-refractivity contribution in [3.8, 4) is 11.3 Å². The number of carbonyl (C=O) groups is 3. The summed E-state index contributed by atoms with van der Waals surface area (Å²) < 4.78 is 12.8. The van der Waals surface area contributed by atoms with Gasteiger partial charge in [-0.05, 0) is 37.2 Å². The minimum absolute atomic E-state index is 0.00658. The fraction of sp³-hybridized carbons (Fsp3) is 0.517. The Hall–Kier alpha value is -3.08. The fourth-order valence-electron chi connectivity index (χ4n) is 6.24. The summed E-state index contributed by atoms with van der Waals surface area (Å²) in [5.41, 5.74) is 1.65. The van der Waals surface area contributed by atoms with Crippen molar-refractivity contribution in [2.45, 2.75) is 64.4 Å². The lowest BCUT2D eigenvalue weighted by molar-refractivity contribution is -0.839.